The van der Waals surface area contributed by atoms with Crippen LogP contribution in [0.3, 0.4) is 0 Å². The van der Waals surface area contributed by atoms with E-state index in [1.54, 1.807) is 13.8 Å². The smallest absolute Gasteiger partial charge is 0.0483 e. The van der Waals surface area contributed by atoms with Crippen LogP contribution in [0.1, 0.15) is 59.8 Å². The van der Waals surface area contributed by atoms with E-state index in [4.69, 9.17) is 5.11 Å². The van der Waals surface area contributed by atoms with Crippen molar-refractivity contribution < 1.29 is 5.11 Å². The molecule has 0 aromatic heterocycles. The van der Waals surface area contributed by atoms with Crippen molar-refractivity contribution >= 4 is 0 Å². The normalized spacial score (nSPS) is 16.5. The number of rotatable bonds is 1. The standard InChI is InChI=1S/C7H15N.C3H8O.C2H6/c1-8-7-5-3-2-4-6-7;1-3(2)4;1-2/h7-8H,2-6H2,1H3;3-4H,1-2H3;1-2H3. The summed E-state index contributed by atoms with van der Waals surface area (Å²) in [6.45, 7) is 7.44. The molecule has 0 radical (unpaired) electrons. The van der Waals surface area contributed by atoms with Crippen LogP contribution < -0.4 is 5.32 Å². The molecule has 0 aromatic carbocycles. The summed E-state index contributed by atoms with van der Waals surface area (Å²) in [5.41, 5.74) is 0. The van der Waals surface area contributed by atoms with Gasteiger partial charge in [0.15, 0.2) is 0 Å². The molecule has 2 nitrogen and oxygen atoms in total. The van der Waals surface area contributed by atoms with Gasteiger partial charge in [-0.15, -0.1) is 0 Å². The molecular formula is C12H29NO. The third-order valence-electron chi connectivity index (χ3n) is 2.01. The monoisotopic (exact) mass is 203 g/mol. The summed E-state index contributed by atoms with van der Waals surface area (Å²) in [5.74, 6) is 0. The van der Waals surface area contributed by atoms with Gasteiger partial charge in [-0.2, -0.15) is 0 Å². The molecule has 0 atom stereocenters. The number of nitrogens with one attached hydrogen (secondary N) is 1. The fourth-order valence-electron chi connectivity index (χ4n) is 1.39. The van der Waals surface area contributed by atoms with Gasteiger partial charge in [0.2, 0.25) is 0 Å². The van der Waals surface area contributed by atoms with Gasteiger partial charge in [0, 0.05) is 12.1 Å². The van der Waals surface area contributed by atoms with Crippen molar-refractivity contribution in [3.8, 4) is 0 Å². The fraction of sp³-hybridized carbons (Fsp3) is 1.00. The third-order valence-corrected chi connectivity index (χ3v) is 2.01. The molecular weight excluding hydrogens is 174 g/mol. The average molecular weight is 203 g/mol. The van der Waals surface area contributed by atoms with Gasteiger partial charge in [0.1, 0.15) is 0 Å². The Bertz CT molecular complexity index is 85.6. The van der Waals surface area contributed by atoms with Crippen molar-refractivity contribution in [2.45, 2.75) is 71.9 Å². The molecule has 0 unspecified atom stereocenters. The Morgan fingerprint density at radius 1 is 1.07 bits per heavy atom. The van der Waals surface area contributed by atoms with Gasteiger partial charge in [-0.05, 0) is 33.7 Å². The molecule has 88 valence electrons. The Balaban J connectivity index is 0. The first-order valence-electron chi connectivity index (χ1n) is 6.02. The van der Waals surface area contributed by atoms with Crippen molar-refractivity contribution in [3.05, 3.63) is 0 Å². The van der Waals surface area contributed by atoms with Crippen LogP contribution in [0.4, 0.5) is 0 Å². The Kier molecular flexibility index (Phi) is 15.1. The van der Waals surface area contributed by atoms with Gasteiger partial charge in [-0.3, -0.25) is 0 Å². The van der Waals surface area contributed by atoms with Crippen LogP contribution in [-0.4, -0.2) is 24.3 Å². The molecule has 0 bridgehead atoms. The van der Waals surface area contributed by atoms with Gasteiger partial charge >= 0.3 is 0 Å². The molecule has 0 amide bonds. The predicted octanol–water partition coefficient (Wildman–Crippen LogP) is 2.95. The third kappa shape index (κ3) is 14.4. The Hall–Kier alpha value is -0.0800. The van der Waals surface area contributed by atoms with E-state index >= 15 is 0 Å². The molecule has 0 spiro atoms. The molecule has 14 heavy (non-hydrogen) atoms. The van der Waals surface area contributed by atoms with Crippen molar-refractivity contribution in [2.24, 2.45) is 0 Å². The van der Waals surface area contributed by atoms with Crippen LogP contribution in [0.15, 0.2) is 0 Å². The van der Waals surface area contributed by atoms with Gasteiger partial charge < -0.3 is 10.4 Å². The molecule has 2 heteroatoms. The van der Waals surface area contributed by atoms with E-state index in [9.17, 15) is 0 Å². The van der Waals surface area contributed by atoms with Crippen LogP contribution >= 0.6 is 0 Å². The zero-order valence-electron chi connectivity index (χ0n) is 10.6. The van der Waals surface area contributed by atoms with E-state index in [1.807, 2.05) is 13.8 Å². The quantitative estimate of drug-likeness (QED) is 0.687. The van der Waals surface area contributed by atoms with Gasteiger partial charge in [0.05, 0.1) is 0 Å². The van der Waals surface area contributed by atoms with Gasteiger partial charge in [0.25, 0.3) is 0 Å². The summed E-state index contributed by atoms with van der Waals surface area (Å²) >= 11 is 0. The minimum absolute atomic E-state index is 0.167. The van der Waals surface area contributed by atoms with E-state index < -0.39 is 0 Å². The molecule has 1 aliphatic carbocycles. The van der Waals surface area contributed by atoms with Crippen molar-refractivity contribution in [3.63, 3.8) is 0 Å². The SMILES string of the molecule is CC.CC(C)O.CNC1CCCCC1. The minimum Gasteiger partial charge on any atom is -0.394 e. The lowest BCUT2D eigenvalue weighted by atomic mass is 9.96. The molecule has 0 aromatic rings. The zero-order valence-corrected chi connectivity index (χ0v) is 10.6. The number of aliphatic hydroxyl groups excluding tert-OH is 1. The first kappa shape index (κ1) is 16.4. The van der Waals surface area contributed by atoms with Gasteiger partial charge in [-0.1, -0.05) is 33.1 Å². The van der Waals surface area contributed by atoms with E-state index in [2.05, 4.69) is 12.4 Å². The zero-order chi connectivity index (χ0) is 11.4. The summed E-state index contributed by atoms with van der Waals surface area (Å²) in [6, 6.07) is 0.837. The van der Waals surface area contributed by atoms with Crippen molar-refractivity contribution in [1.29, 1.82) is 0 Å². The maximum Gasteiger partial charge on any atom is 0.0483 e. The molecule has 1 aliphatic rings. The highest BCUT2D eigenvalue weighted by Crippen LogP contribution is 2.16. The second-order valence-corrected chi connectivity index (χ2v) is 3.72. The minimum atomic E-state index is -0.167. The summed E-state index contributed by atoms with van der Waals surface area (Å²) in [5, 5.41) is 11.4. The largest absolute Gasteiger partial charge is 0.394 e. The predicted molar refractivity (Wildman–Crippen MR) is 64.6 cm³/mol. The highest BCUT2D eigenvalue weighted by atomic mass is 16.3. The van der Waals surface area contributed by atoms with Crippen molar-refractivity contribution in [1.82, 2.24) is 5.32 Å². The second-order valence-electron chi connectivity index (χ2n) is 3.72. The lowest BCUT2D eigenvalue weighted by Crippen LogP contribution is -2.26. The first-order valence-corrected chi connectivity index (χ1v) is 6.02. The van der Waals surface area contributed by atoms with E-state index in [0.29, 0.717) is 0 Å². The Morgan fingerprint density at radius 3 is 1.64 bits per heavy atom. The molecule has 0 aliphatic heterocycles. The van der Waals surface area contributed by atoms with E-state index in [-0.39, 0.29) is 6.10 Å². The average Bonchev–Trinajstić information content (AvgIpc) is 2.21. The lowest BCUT2D eigenvalue weighted by Gasteiger charge is -2.20. The maximum absolute atomic E-state index is 8.06. The lowest BCUT2D eigenvalue weighted by molar-refractivity contribution is 0.216. The molecule has 1 fully saturated rings. The summed E-state index contributed by atoms with van der Waals surface area (Å²) in [7, 11) is 2.07. The summed E-state index contributed by atoms with van der Waals surface area (Å²) in [6.07, 6.45) is 6.96. The van der Waals surface area contributed by atoms with Crippen LogP contribution in [0.5, 0.6) is 0 Å². The molecule has 0 saturated heterocycles. The first-order chi connectivity index (χ1) is 6.66. The maximum atomic E-state index is 8.06. The molecule has 0 heterocycles. The van der Waals surface area contributed by atoms with E-state index in [1.165, 1.54) is 32.1 Å². The Morgan fingerprint density at radius 2 is 1.43 bits per heavy atom. The Labute approximate surface area is 90.1 Å². The topological polar surface area (TPSA) is 32.3 Å². The fourth-order valence-corrected chi connectivity index (χ4v) is 1.39. The number of hydrogen-bond acceptors (Lipinski definition) is 2. The summed E-state index contributed by atoms with van der Waals surface area (Å²) < 4.78 is 0. The van der Waals surface area contributed by atoms with Crippen LogP contribution in [0.2, 0.25) is 0 Å². The highest BCUT2D eigenvalue weighted by Gasteiger charge is 2.09. The van der Waals surface area contributed by atoms with E-state index in [0.717, 1.165) is 6.04 Å². The van der Waals surface area contributed by atoms with Crippen LogP contribution in [-0.2, 0) is 0 Å². The molecule has 2 N–H and O–H groups in total. The molecule has 1 saturated carbocycles. The molecule has 1 rings (SSSR count). The second kappa shape index (κ2) is 12.9. The van der Waals surface area contributed by atoms with Crippen LogP contribution in [0, 0.1) is 0 Å². The summed E-state index contributed by atoms with van der Waals surface area (Å²) in [4.78, 5) is 0. The number of aliphatic hydroxyl groups is 1. The highest BCUT2D eigenvalue weighted by molar-refractivity contribution is 4.68. The van der Waals surface area contributed by atoms with Crippen LogP contribution in [0.25, 0.3) is 0 Å². The van der Waals surface area contributed by atoms with Crippen molar-refractivity contribution in [2.75, 3.05) is 7.05 Å². The van der Waals surface area contributed by atoms with Gasteiger partial charge in [-0.25, -0.2) is 0 Å². The number of hydrogen-bond donors (Lipinski definition) is 2.